The number of benzene rings is 2. The molecule has 0 radical (unpaired) electrons. The van der Waals surface area contributed by atoms with Gasteiger partial charge in [-0.2, -0.15) is 0 Å². The van der Waals surface area contributed by atoms with Crippen LogP contribution in [0.25, 0.3) is 22.8 Å². The molecule has 1 saturated heterocycles. The first-order chi connectivity index (χ1) is 18.0. The Morgan fingerprint density at radius 3 is 2.35 bits per heavy atom. The molecule has 0 spiro atoms. The highest BCUT2D eigenvalue weighted by molar-refractivity contribution is 5.77. The molecule has 37 heavy (non-hydrogen) atoms. The summed E-state index contributed by atoms with van der Waals surface area (Å²) in [5.41, 5.74) is 3.12. The van der Waals surface area contributed by atoms with Crippen molar-refractivity contribution in [3.63, 3.8) is 0 Å². The van der Waals surface area contributed by atoms with Crippen LogP contribution in [-0.4, -0.2) is 68.8 Å². The van der Waals surface area contributed by atoms with Crippen LogP contribution in [0.15, 0.2) is 67.0 Å². The highest BCUT2D eigenvalue weighted by Gasteiger charge is 2.24. The number of nitrogens with zero attached hydrogens (tertiary/aromatic N) is 7. The molecule has 0 unspecified atom stereocenters. The van der Waals surface area contributed by atoms with E-state index in [-0.39, 0.29) is 12.5 Å². The van der Waals surface area contributed by atoms with Crippen molar-refractivity contribution in [1.82, 2.24) is 29.6 Å². The van der Waals surface area contributed by atoms with E-state index in [0.717, 1.165) is 16.9 Å². The number of anilines is 1. The fourth-order valence-electron chi connectivity index (χ4n) is 4.42. The Bertz CT molecular complexity index is 1340. The van der Waals surface area contributed by atoms with Gasteiger partial charge in [0.15, 0.2) is 11.6 Å². The minimum Gasteiger partial charge on any atom is -0.481 e. The van der Waals surface area contributed by atoms with Crippen LogP contribution < -0.4 is 9.64 Å². The van der Waals surface area contributed by atoms with Gasteiger partial charge in [-0.05, 0) is 11.5 Å². The summed E-state index contributed by atoms with van der Waals surface area (Å²) in [5.74, 6) is 3.10. The van der Waals surface area contributed by atoms with Crippen LogP contribution in [0.4, 0.5) is 5.82 Å². The minimum absolute atomic E-state index is 0.0173. The third kappa shape index (κ3) is 5.45. The quantitative estimate of drug-likeness (QED) is 0.383. The summed E-state index contributed by atoms with van der Waals surface area (Å²) in [6.45, 7) is 7.04. The fourth-order valence-corrected chi connectivity index (χ4v) is 4.42. The molecule has 0 atom stereocenters. The molecule has 0 bridgehead atoms. The molecular formula is C28H31N7O2. The number of amides is 1. The number of piperazine rings is 1. The number of ether oxygens (including phenoxy) is 1. The molecule has 0 saturated carbocycles. The molecule has 9 heteroatoms. The second kappa shape index (κ2) is 10.8. The van der Waals surface area contributed by atoms with Crippen molar-refractivity contribution < 1.29 is 9.53 Å². The van der Waals surface area contributed by atoms with E-state index in [1.54, 1.807) is 11.8 Å². The summed E-state index contributed by atoms with van der Waals surface area (Å²) < 4.78 is 6.94. The van der Waals surface area contributed by atoms with Gasteiger partial charge in [0, 0.05) is 43.4 Å². The second-order valence-corrected chi connectivity index (χ2v) is 9.35. The highest BCUT2D eigenvalue weighted by Crippen LogP contribution is 2.25. The molecule has 2 aromatic carbocycles. The predicted octanol–water partition coefficient (Wildman–Crippen LogP) is 3.88. The zero-order chi connectivity index (χ0) is 25.8. The lowest BCUT2D eigenvalue weighted by Gasteiger charge is -2.35. The summed E-state index contributed by atoms with van der Waals surface area (Å²) in [4.78, 5) is 30.6. The molecule has 2 aromatic heterocycles. The molecular weight excluding hydrogens is 466 g/mol. The molecule has 190 valence electrons. The minimum atomic E-state index is 0.0173. The Labute approximate surface area is 216 Å². The molecule has 5 rings (SSSR count). The van der Waals surface area contributed by atoms with E-state index in [2.05, 4.69) is 40.8 Å². The molecule has 0 N–H and O–H groups in total. The van der Waals surface area contributed by atoms with E-state index >= 15 is 0 Å². The monoisotopic (exact) mass is 497 g/mol. The van der Waals surface area contributed by atoms with Gasteiger partial charge in [0.05, 0.1) is 7.11 Å². The molecule has 1 aliphatic rings. The van der Waals surface area contributed by atoms with Gasteiger partial charge in [-0.25, -0.2) is 19.6 Å². The number of carbonyl (C=O) groups excluding carboxylic acids is 1. The first kappa shape index (κ1) is 24.4. The van der Waals surface area contributed by atoms with Gasteiger partial charge in [0.25, 0.3) is 0 Å². The SMILES string of the molecule is COc1cc(N2CCN(C(=O)Cn3nc(-c4ccc(C(C)C)cc4)nc3-c3ccccc3)CC2)ncn1. The van der Waals surface area contributed by atoms with Gasteiger partial charge >= 0.3 is 0 Å². The number of hydrogen-bond acceptors (Lipinski definition) is 7. The van der Waals surface area contributed by atoms with Crippen LogP contribution in [0, 0.1) is 0 Å². The summed E-state index contributed by atoms with van der Waals surface area (Å²) in [6.07, 6.45) is 1.50. The van der Waals surface area contributed by atoms with Crippen LogP contribution in [-0.2, 0) is 11.3 Å². The lowest BCUT2D eigenvalue weighted by atomic mass is 10.0. The van der Waals surface area contributed by atoms with Crippen molar-refractivity contribution in [3.05, 3.63) is 72.6 Å². The van der Waals surface area contributed by atoms with E-state index in [0.29, 0.717) is 49.6 Å². The maximum absolute atomic E-state index is 13.3. The molecule has 3 heterocycles. The van der Waals surface area contributed by atoms with Gasteiger partial charge in [0.1, 0.15) is 18.7 Å². The number of hydrogen-bond donors (Lipinski definition) is 0. The van der Waals surface area contributed by atoms with Crippen LogP contribution in [0.1, 0.15) is 25.3 Å². The predicted molar refractivity (Wildman–Crippen MR) is 142 cm³/mol. The molecule has 4 aromatic rings. The zero-order valence-electron chi connectivity index (χ0n) is 21.4. The first-order valence-corrected chi connectivity index (χ1v) is 12.5. The Balaban J connectivity index is 1.33. The topological polar surface area (TPSA) is 89.3 Å². The maximum atomic E-state index is 13.3. The third-order valence-electron chi connectivity index (χ3n) is 6.62. The van der Waals surface area contributed by atoms with Crippen molar-refractivity contribution in [2.75, 3.05) is 38.2 Å². The van der Waals surface area contributed by atoms with Gasteiger partial charge in [-0.1, -0.05) is 68.4 Å². The fraction of sp³-hybridized carbons (Fsp3) is 0.321. The summed E-state index contributed by atoms with van der Waals surface area (Å²) in [7, 11) is 1.59. The van der Waals surface area contributed by atoms with Crippen LogP contribution >= 0.6 is 0 Å². The number of rotatable bonds is 7. The van der Waals surface area contributed by atoms with Crippen LogP contribution in [0.3, 0.4) is 0 Å². The number of methoxy groups -OCH3 is 1. The molecule has 1 fully saturated rings. The second-order valence-electron chi connectivity index (χ2n) is 9.35. The maximum Gasteiger partial charge on any atom is 0.244 e. The molecule has 9 nitrogen and oxygen atoms in total. The van der Waals surface area contributed by atoms with Crippen molar-refractivity contribution in [2.24, 2.45) is 0 Å². The van der Waals surface area contributed by atoms with Gasteiger partial charge in [-0.15, -0.1) is 5.10 Å². The smallest absolute Gasteiger partial charge is 0.244 e. The number of aromatic nitrogens is 5. The Morgan fingerprint density at radius 2 is 1.68 bits per heavy atom. The molecule has 0 aliphatic carbocycles. The van der Waals surface area contributed by atoms with Crippen LogP contribution in [0.5, 0.6) is 5.88 Å². The largest absolute Gasteiger partial charge is 0.481 e. The van der Waals surface area contributed by atoms with Gasteiger partial charge in [-0.3, -0.25) is 4.79 Å². The zero-order valence-corrected chi connectivity index (χ0v) is 21.4. The van der Waals surface area contributed by atoms with E-state index in [9.17, 15) is 4.79 Å². The summed E-state index contributed by atoms with van der Waals surface area (Å²) >= 11 is 0. The standard InChI is InChI=1S/C28H31N7O2/c1-20(2)21-9-11-22(12-10-21)27-31-28(23-7-5-4-6-8-23)35(32-27)18-26(36)34-15-13-33(14-16-34)24-17-25(37-3)30-19-29-24/h4-12,17,19-20H,13-16,18H2,1-3H3. The van der Waals surface area contributed by atoms with Gasteiger partial charge in [0.2, 0.25) is 11.8 Å². The molecule has 1 aliphatic heterocycles. The lowest BCUT2D eigenvalue weighted by Crippen LogP contribution is -2.50. The van der Waals surface area contributed by atoms with E-state index in [4.69, 9.17) is 14.8 Å². The molecule has 1 amide bonds. The summed E-state index contributed by atoms with van der Waals surface area (Å²) in [5, 5.41) is 4.76. The Morgan fingerprint density at radius 1 is 0.946 bits per heavy atom. The lowest BCUT2D eigenvalue weighted by molar-refractivity contribution is -0.132. The normalized spacial score (nSPS) is 13.7. The average molecular weight is 498 g/mol. The Hall–Kier alpha value is -4.27. The average Bonchev–Trinajstić information content (AvgIpc) is 3.37. The third-order valence-corrected chi connectivity index (χ3v) is 6.62. The first-order valence-electron chi connectivity index (χ1n) is 12.5. The van der Waals surface area contributed by atoms with Crippen molar-refractivity contribution >= 4 is 11.7 Å². The number of carbonyl (C=O) groups is 1. The van der Waals surface area contributed by atoms with Crippen molar-refractivity contribution in [2.45, 2.75) is 26.3 Å². The van der Waals surface area contributed by atoms with E-state index < -0.39 is 0 Å². The van der Waals surface area contributed by atoms with E-state index in [1.807, 2.05) is 53.4 Å². The Kier molecular flexibility index (Phi) is 7.11. The van der Waals surface area contributed by atoms with Crippen molar-refractivity contribution in [1.29, 1.82) is 0 Å². The van der Waals surface area contributed by atoms with Crippen LogP contribution in [0.2, 0.25) is 0 Å². The van der Waals surface area contributed by atoms with E-state index in [1.165, 1.54) is 11.9 Å². The summed E-state index contributed by atoms with van der Waals surface area (Å²) in [6, 6.07) is 20.0. The van der Waals surface area contributed by atoms with Gasteiger partial charge < -0.3 is 14.5 Å². The highest BCUT2D eigenvalue weighted by atomic mass is 16.5. The van der Waals surface area contributed by atoms with Crippen molar-refractivity contribution in [3.8, 4) is 28.7 Å².